The molecule has 0 saturated heterocycles. The highest BCUT2D eigenvalue weighted by Crippen LogP contribution is 2.28. The van der Waals surface area contributed by atoms with Crippen LogP contribution in [0.25, 0.3) is 0 Å². The molecule has 0 radical (unpaired) electrons. The Labute approximate surface area is 91.9 Å². The number of hydrogen-bond donors (Lipinski definition) is 0. The van der Waals surface area contributed by atoms with Crippen molar-refractivity contribution >= 4 is 11.7 Å². The number of hydrogen-bond acceptors (Lipinski definition) is 3. The van der Waals surface area contributed by atoms with Gasteiger partial charge in [-0.2, -0.15) is 0 Å². The van der Waals surface area contributed by atoms with Gasteiger partial charge in [-0.05, 0) is 39.5 Å². The average molecular weight is 211 g/mol. The maximum absolute atomic E-state index is 11.7. The van der Waals surface area contributed by atoms with E-state index in [0.717, 1.165) is 12.8 Å². The third-order valence-electron chi connectivity index (χ3n) is 3.20. The number of aliphatic imine (C=N–C) groups is 1. The van der Waals surface area contributed by atoms with Gasteiger partial charge >= 0.3 is 5.97 Å². The number of esters is 1. The first kappa shape index (κ1) is 12.2. The van der Waals surface area contributed by atoms with Gasteiger partial charge in [0.15, 0.2) is 0 Å². The average Bonchev–Trinajstić information content (AvgIpc) is 2.18. The smallest absolute Gasteiger partial charge is 0.311 e. The van der Waals surface area contributed by atoms with Crippen LogP contribution in [-0.4, -0.2) is 24.3 Å². The molecule has 3 unspecified atom stereocenters. The zero-order valence-corrected chi connectivity index (χ0v) is 10.1. The number of ether oxygens (including phenoxy) is 1. The van der Waals surface area contributed by atoms with E-state index < -0.39 is 0 Å². The van der Waals surface area contributed by atoms with Crippen molar-refractivity contribution in [3.05, 3.63) is 0 Å². The Morgan fingerprint density at radius 2 is 2.20 bits per heavy atom. The van der Waals surface area contributed by atoms with Crippen LogP contribution in [-0.2, 0) is 9.53 Å². The van der Waals surface area contributed by atoms with Crippen LogP contribution < -0.4 is 0 Å². The molecule has 1 heterocycles. The Hall–Kier alpha value is -0.860. The summed E-state index contributed by atoms with van der Waals surface area (Å²) in [7, 11) is 0. The topological polar surface area (TPSA) is 38.7 Å². The van der Waals surface area contributed by atoms with Gasteiger partial charge in [0.05, 0.1) is 18.6 Å². The first-order valence-electron chi connectivity index (χ1n) is 5.81. The molecule has 0 saturated carbocycles. The molecule has 0 fully saturated rings. The first-order chi connectivity index (χ1) is 7.10. The summed E-state index contributed by atoms with van der Waals surface area (Å²) >= 11 is 0. The minimum Gasteiger partial charge on any atom is -0.466 e. The number of carbonyl (C=O) groups excluding carboxylic acids is 1. The van der Waals surface area contributed by atoms with Crippen LogP contribution in [0, 0.1) is 11.8 Å². The molecule has 0 aliphatic carbocycles. The minimum atomic E-state index is -0.0836. The normalized spacial score (nSPS) is 30.9. The standard InChI is InChI=1S/C12H21NO2/c1-5-10-7-11(12(14)15-6-2)9(4)13-8(10)3/h9-11H,5-7H2,1-4H3. The molecule has 0 bridgehead atoms. The van der Waals surface area contributed by atoms with E-state index in [4.69, 9.17) is 4.74 Å². The highest BCUT2D eigenvalue weighted by atomic mass is 16.5. The zero-order valence-electron chi connectivity index (χ0n) is 10.1. The van der Waals surface area contributed by atoms with Gasteiger partial charge in [-0.25, -0.2) is 0 Å². The summed E-state index contributed by atoms with van der Waals surface area (Å²) in [5.41, 5.74) is 1.19. The molecular formula is C12H21NO2. The Kier molecular flexibility index (Phi) is 4.30. The van der Waals surface area contributed by atoms with Gasteiger partial charge < -0.3 is 4.74 Å². The van der Waals surface area contributed by atoms with Crippen molar-refractivity contribution in [2.75, 3.05) is 6.61 Å². The predicted molar refractivity (Wildman–Crippen MR) is 61.1 cm³/mol. The summed E-state index contributed by atoms with van der Waals surface area (Å²) in [5.74, 6) is 0.328. The van der Waals surface area contributed by atoms with Crippen LogP contribution in [0.1, 0.15) is 40.5 Å². The van der Waals surface area contributed by atoms with Crippen LogP contribution in [0.4, 0.5) is 0 Å². The lowest BCUT2D eigenvalue weighted by Crippen LogP contribution is -2.35. The van der Waals surface area contributed by atoms with Crippen molar-refractivity contribution in [3.63, 3.8) is 0 Å². The quantitative estimate of drug-likeness (QED) is 0.672. The molecule has 0 aromatic heterocycles. The molecule has 3 atom stereocenters. The zero-order chi connectivity index (χ0) is 11.4. The van der Waals surface area contributed by atoms with E-state index in [-0.39, 0.29) is 17.9 Å². The second kappa shape index (κ2) is 5.29. The highest BCUT2D eigenvalue weighted by molar-refractivity contribution is 5.87. The summed E-state index contributed by atoms with van der Waals surface area (Å²) in [4.78, 5) is 16.2. The molecule has 15 heavy (non-hydrogen) atoms. The number of rotatable bonds is 3. The molecule has 0 aromatic rings. The lowest BCUT2D eigenvalue weighted by molar-refractivity contribution is -0.149. The van der Waals surface area contributed by atoms with Crippen molar-refractivity contribution in [1.29, 1.82) is 0 Å². The van der Waals surface area contributed by atoms with Gasteiger partial charge in [0.1, 0.15) is 0 Å². The van der Waals surface area contributed by atoms with E-state index in [1.807, 2.05) is 13.8 Å². The fourth-order valence-corrected chi connectivity index (χ4v) is 2.20. The van der Waals surface area contributed by atoms with E-state index in [0.29, 0.717) is 12.5 Å². The maximum Gasteiger partial charge on any atom is 0.311 e. The second-order valence-corrected chi connectivity index (χ2v) is 4.21. The molecule has 1 aliphatic heterocycles. The monoisotopic (exact) mass is 211 g/mol. The lowest BCUT2D eigenvalue weighted by Gasteiger charge is -2.30. The third-order valence-corrected chi connectivity index (χ3v) is 3.20. The van der Waals surface area contributed by atoms with E-state index in [2.05, 4.69) is 18.8 Å². The molecule has 0 amide bonds. The van der Waals surface area contributed by atoms with Crippen molar-refractivity contribution in [3.8, 4) is 0 Å². The summed E-state index contributed by atoms with van der Waals surface area (Å²) in [6.45, 7) is 8.50. The van der Waals surface area contributed by atoms with Gasteiger partial charge in [-0.3, -0.25) is 9.79 Å². The molecule has 3 heteroatoms. The van der Waals surface area contributed by atoms with E-state index in [9.17, 15) is 4.79 Å². The number of nitrogens with zero attached hydrogens (tertiary/aromatic N) is 1. The highest BCUT2D eigenvalue weighted by Gasteiger charge is 2.33. The van der Waals surface area contributed by atoms with Gasteiger partial charge in [0.25, 0.3) is 0 Å². The molecule has 0 aromatic carbocycles. The first-order valence-corrected chi connectivity index (χ1v) is 5.81. The summed E-state index contributed by atoms with van der Waals surface area (Å²) in [5, 5.41) is 0. The predicted octanol–water partition coefficient (Wildman–Crippen LogP) is 2.45. The van der Waals surface area contributed by atoms with Crippen molar-refractivity contribution in [2.24, 2.45) is 16.8 Å². The van der Waals surface area contributed by atoms with Crippen LogP contribution in [0.5, 0.6) is 0 Å². The minimum absolute atomic E-state index is 0.0430. The van der Waals surface area contributed by atoms with Gasteiger partial charge in [0.2, 0.25) is 0 Å². The van der Waals surface area contributed by atoms with E-state index in [1.165, 1.54) is 5.71 Å². The van der Waals surface area contributed by atoms with Crippen LogP contribution in [0.2, 0.25) is 0 Å². The van der Waals surface area contributed by atoms with Crippen molar-refractivity contribution in [1.82, 2.24) is 0 Å². The number of carbonyl (C=O) groups is 1. The summed E-state index contributed by atoms with van der Waals surface area (Å²) in [6, 6.07) is 0.0758. The molecular weight excluding hydrogens is 190 g/mol. The Morgan fingerprint density at radius 3 is 2.73 bits per heavy atom. The Bertz CT molecular complexity index is 260. The fourth-order valence-electron chi connectivity index (χ4n) is 2.20. The van der Waals surface area contributed by atoms with E-state index in [1.54, 1.807) is 0 Å². The maximum atomic E-state index is 11.7. The molecule has 0 N–H and O–H groups in total. The largest absolute Gasteiger partial charge is 0.466 e. The second-order valence-electron chi connectivity index (χ2n) is 4.21. The molecule has 1 rings (SSSR count). The lowest BCUT2D eigenvalue weighted by atomic mass is 9.82. The van der Waals surface area contributed by atoms with Crippen LogP contribution in [0.15, 0.2) is 4.99 Å². The summed E-state index contributed by atoms with van der Waals surface area (Å²) < 4.78 is 5.07. The van der Waals surface area contributed by atoms with Gasteiger partial charge in [-0.1, -0.05) is 6.92 Å². The van der Waals surface area contributed by atoms with E-state index >= 15 is 0 Å². The van der Waals surface area contributed by atoms with Crippen molar-refractivity contribution < 1.29 is 9.53 Å². The molecule has 0 spiro atoms. The van der Waals surface area contributed by atoms with Crippen LogP contribution in [0.3, 0.4) is 0 Å². The SMILES string of the molecule is CCOC(=O)C1CC(CC)C(C)=NC1C. The van der Waals surface area contributed by atoms with Crippen molar-refractivity contribution in [2.45, 2.75) is 46.6 Å². The third kappa shape index (κ3) is 2.80. The summed E-state index contributed by atoms with van der Waals surface area (Å²) in [6.07, 6.45) is 1.95. The molecule has 3 nitrogen and oxygen atoms in total. The van der Waals surface area contributed by atoms with Gasteiger partial charge in [-0.15, -0.1) is 0 Å². The fraction of sp³-hybridized carbons (Fsp3) is 0.833. The molecule has 1 aliphatic rings. The molecule has 86 valence electrons. The van der Waals surface area contributed by atoms with Crippen LogP contribution >= 0.6 is 0 Å². The van der Waals surface area contributed by atoms with Gasteiger partial charge in [0, 0.05) is 5.71 Å². The Morgan fingerprint density at radius 1 is 1.53 bits per heavy atom. The Balaban J connectivity index is 2.72.